The van der Waals surface area contributed by atoms with Crippen molar-refractivity contribution in [3.63, 3.8) is 0 Å². The van der Waals surface area contributed by atoms with Crippen LogP contribution in [0.4, 0.5) is 5.69 Å². The lowest BCUT2D eigenvalue weighted by Gasteiger charge is -2.39. The van der Waals surface area contributed by atoms with Crippen molar-refractivity contribution in [3.05, 3.63) is 66.2 Å². The maximum absolute atomic E-state index is 6.65. The minimum atomic E-state index is 0.252. The highest BCUT2D eigenvalue weighted by atomic mass is 35.5. The Hall–Kier alpha value is -1.47. The standard InChI is InChI=1S/C19H22ClN/c20-18-13-7-8-14-19(18)21(17-11-5-2-6-12-17)15-16-9-3-1-4-10-16/h1-6,9-12,18-19H,7-8,13-15H2/t18-,19-/m1/s1. The maximum atomic E-state index is 6.65. The Morgan fingerprint density at radius 2 is 1.48 bits per heavy atom. The number of benzene rings is 2. The van der Waals surface area contributed by atoms with E-state index in [1.165, 1.54) is 30.5 Å². The van der Waals surface area contributed by atoms with Crippen LogP contribution in [0.15, 0.2) is 60.7 Å². The first-order valence-corrected chi connectivity index (χ1v) is 8.28. The number of nitrogens with zero attached hydrogens (tertiary/aromatic N) is 1. The number of hydrogen-bond acceptors (Lipinski definition) is 1. The van der Waals surface area contributed by atoms with Gasteiger partial charge in [0.05, 0.1) is 5.38 Å². The van der Waals surface area contributed by atoms with E-state index in [4.69, 9.17) is 11.6 Å². The van der Waals surface area contributed by atoms with Crippen LogP contribution in [0, 0.1) is 0 Å². The lowest BCUT2D eigenvalue weighted by Crippen LogP contribution is -2.43. The summed E-state index contributed by atoms with van der Waals surface area (Å²) in [4.78, 5) is 2.49. The van der Waals surface area contributed by atoms with Gasteiger partial charge in [0, 0.05) is 18.3 Å². The van der Waals surface area contributed by atoms with E-state index in [2.05, 4.69) is 65.6 Å². The van der Waals surface area contributed by atoms with Crippen LogP contribution in [0.2, 0.25) is 0 Å². The lowest BCUT2D eigenvalue weighted by atomic mass is 9.92. The zero-order valence-electron chi connectivity index (χ0n) is 12.3. The summed E-state index contributed by atoms with van der Waals surface area (Å²) in [5.74, 6) is 0. The van der Waals surface area contributed by atoms with Crippen LogP contribution in [-0.2, 0) is 6.54 Å². The highest BCUT2D eigenvalue weighted by Gasteiger charge is 2.29. The minimum absolute atomic E-state index is 0.252. The van der Waals surface area contributed by atoms with Gasteiger partial charge in [-0.3, -0.25) is 0 Å². The second kappa shape index (κ2) is 7.00. The Labute approximate surface area is 132 Å². The molecule has 0 spiro atoms. The molecular weight excluding hydrogens is 278 g/mol. The van der Waals surface area contributed by atoms with Crippen LogP contribution in [0.5, 0.6) is 0 Å². The summed E-state index contributed by atoms with van der Waals surface area (Å²) in [6.07, 6.45) is 4.87. The van der Waals surface area contributed by atoms with Gasteiger partial charge in [0.15, 0.2) is 0 Å². The third-order valence-electron chi connectivity index (χ3n) is 4.33. The number of alkyl halides is 1. The van der Waals surface area contributed by atoms with E-state index in [0.717, 1.165) is 13.0 Å². The number of anilines is 1. The van der Waals surface area contributed by atoms with E-state index >= 15 is 0 Å². The topological polar surface area (TPSA) is 3.24 Å². The molecule has 1 fully saturated rings. The van der Waals surface area contributed by atoms with Gasteiger partial charge in [-0.1, -0.05) is 61.4 Å². The van der Waals surface area contributed by atoms with Crippen molar-refractivity contribution in [3.8, 4) is 0 Å². The number of hydrogen-bond donors (Lipinski definition) is 0. The van der Waals surface area contributed by atoms with Gasteiger partial charge in [0.25, 0.3) is 0 Å². The first-order chi connectivity index (χ1) is 10.3. The van der Waals surface area contributed by atoms with Gasteiger partial charge >= 0.3 is 0 Å². The van der Waals surface area contributed by atoms with Crippen molar-refractivity contribution in [2.24, 2.45) is 0 Å². The molecule has 3 rings (SSSR count). The van der Waals surface area contributed by atoms with Crippen molar-refractivity contribution in [1.82, 2.24) is 0 Å². The minimum Gasteiger partial charge on any atom is -0.363 e. The van der Waals surface area contributed by atoms with Gasteiger partial charge in [-0.25, -0.2) is 0 Å². The molecule has 1 aliphatic rings. The summed E-state index contributed by atoms with van der Waals surface area (Å²) < 4.78 is 0. The van der Waals surface area contributed by atoms with Gasteiger partial charge in [-0.15, -0.1) is 11.6 Å². The Morgan fingerprint density at radius 1 is 0.857 bits per heavy atom. The molecule has 0 aromatic heterocycles. The summed E-state index contributed by atoms with van der Waals surface area (Å²) in [5.41, 5.74) is 2.62. The molecular formula is C19H22ClN. The van der Waals surface area contributed by atoms with E-state index in [1.54, 1.807) is 0 Å². The molecule has 0 saturated heterocycles. The van der Waals surface area contributed by atoms with Crippen molar-refractivity contribution in [2.45, 2.75) is 43.6 Å². The van der Waals surface area contributed by atoms with Crippen LogP contribution in [0.25, 0.3) is 0 Å². The Bertz CT molecular complexity index is 540. The predicted octanol–water partition coefficient (Wildman–Crippen LogP) is 5.24. The zero-order valence-corrected chi connectivity index (χ0v) is 13.0. The second-order valence-electron chi connectivity index (χ2n) is 5.82. The van der Waals surface area contributed by atoms with Crippen LogP contribution in [0.3, 0.4) is 0 Å². The molecule has 2 atom stereocenters. The predicted molar refractivity (Wildman–Crippen MR) is 91.0 cm³/mol. The van der Waals surface area contributed by atoms with E-state index < -0.39 is 0 Å². The summed E-state index contributed by atoms with van der Waals surface area (Å²) in [6, 6.07) is 21.8. The molecule has 0 radical (unpaired) electrons. The summed E-state index contributed by atoms with van der Waals surface area (Å²) in [7, 11) is 0. The highest BCUT2D eigenvalue weighted by molar-refractivity contribution is 6.21. The molecule has 2 heteroatoms. The molecule has 0 unspecified atom stereocenters. The average Bonchev–Trinajstić information content (AvgIpc) is 2.55. The molecule has 0 N–H and O–H groups in total. The molecule has 0 heterocycles. The fraction of sp³-hybridized carbons (Fsp3) is 0.368. The quantitative estimate of drug-likeness (QED) is 0.698. The van der Waals surface area contributed by atoms with Crippen LogP contribution >= 0.6 is 11.6 Å². The van der Waals surface area contributed by atoms with E-state index in [1.807, 2.05) is 0 Å². The van der Waals surface area contributed by atoms with Gasteiger partial charge in [-0.05, 0) is 30.5 Å². The van der Waals surface area contributed by atoms with Crippen molar-refractivity contribution < 1.29 is 0 Å². The van der Waals surface area contributed by atoms with Crippen molar-refractivity contribution in [2.75, 3.05) is 4.90 Å². The number of para-hydroxylation sites is 1. The normalized spacial score (nSPS) is 22.0. The van der Waals surface area contributed by atoms with Crippen molar-refractivity contribution >= 4 is 17.3 Å². The van der Waals surface area contributed by atoms with Gasteiger partial charge < -0.3 is 4.90 Å². The Kier molecular flexibility index (Phi) is 4.82. The molecule has 2 aromatic rings. The molecule has 1 aliphatic carbocycles. The largest absolute Gasteiger partial charge is 0.363 e. The number of halogens is 1. The van der Waals surface area contributed by atoms with Crippen LogP contribution in [-0.4, -0.2) is 11.4 Å². The fourth-order valence-electron chi connectivity index (χ4n) is 3.22. The van der Waals surface area contributed by atoms with Gasteiger partial charge in [-0.2, -0.15) is 0 Å². The fourth-order valence-corrected chi connectivity index (χ4v) is 3.63. The van der Waals surface area contributed by atoms with Crippen LogP contribution < -0.4 is 4.90 Å². The van der Waals surface area contributed by atoms with E-state index in [-0.39, 0.29) is 5.38 Å². The molecule has 0 amide bonds. The van der Waals surface area contributed by atoms with Gasteiger partial charge in [0.2, 0.25) is 0 Å². The molecule has 1 nitrogen and oxygen atoms in total. The second-order valence-corrected chi connectivity index (χ2v) is 6.38. The third-order valence-corrected chi connectivity index (χ3v) is 4.84. The van der Waals surface area contributed by atoms with Crippen molar-refractivity contribution in [1.29, 1.82) is 0 Å². The van der Waals surface area contributed by atoms with E-state index in [9.17, 15) is 0 Å². The molecule has 1 saturated carbocycles. The maximum Gasteiger partial charge on any atom is 0.0539 e. The molecule has 2 aromatic carbocycles. The van der Waals surface area contributed by atoms with E-state index in [0.29, 0.717) is 6.04 Å². The summed E-state index contributed by atoms with van der Waals surface area (Å²) in [5, 5.41) is 0.252. The molecule has 0 aliphatic heterocycles. The zero-order chi connectivity index (χ0) is 14.5. The SMILES string of the molecule is Cl[C@@H]1CCCC[C@H]1N(Cc1ccccc1)c1ccccc1. The smallest absolute Gasteiger partial charge is 0.0539 e. The highest BCUT2D eigenvalue weighted by Crippen LogP contribution is 2.31. The molecule has 110 valence electrons. The first kappa shape index (κ1) is 14.5. The first-order valence-electron chi connectivity index (χ1n) is 7.84. The summed E-state index contributed by atoms with van der Waals surface area (Å²) >= 11 is 6.65. The third kappa shape index (κ3) is 3.59. The van der Waals surface area contributed by atoms with Crippen LogP contribution in [0.1, 0.15) is 31.2 Å². The lowest BCUT2D eigenvalue weighted by molar-refractivity contribution is 0.419. The molecule has 0 bridgehead atoms. The average molecular weight is 300 g/mol. The molecule has 21 heavy (non-hydrogen) atoms. The monoisotopic (exact) mass is 299 g/mol. The van der Waals surface area contributed by atoms with Gasteiger partial charge in [0.1, 0.15) is 0 Å². The number of rotatable bonds is 4. The Balaban J connectivity index is 1.87. The Morgan fingerprint density at radius 3 is 2.14 bits per heavy atom. The summed E-state index contributed by atoms with van der Waals surface area (Å²) in [6.45, 7) is 0.929.